The summed E-state index contributed by atoms with van der Waals surface area (Å²) in [6.45, 7) is 3.50. The van der Waals surface area contributed by atoms with Gasteiger partial charge in [0.05, 0.1) is 0 Å². The van der Waals surface area contributed by atoms with E-state index < -0.39 is 0 Å². The summed E-state index contributed by atoms with van der Waals surface area (Å²) < 4.78 is 0. The molecule has 0 rings (SSSR count). The summed E-state index contributed by atoms with van der Waals surface area (Å²) in [5.74, 6) is -0.117. The molecule has 0 unspecified atom stereocenters. The fraction of sp³-hybridized carbons (Fsp3) is 0.571. The third kappa shape index (κ3) is 2.64. The van der Waals surface area contributed by atoms with Crippen molar-refractivity contribution in [1.29, 1.82) is 0 Å². The molecule has 0 saturated carbocycles. The lowest BCUT2D eigenvalue weighted by atomic mass is 10.2. The summed E-state index contributed by atoms with van der Waals surface area (Å²) in [4.78, 5) is 12.4. The van der Waals surface area contributed by atoms with Crippen molar-refractivity contribution in [1.82, 2.24) is 4.90 Å². The monoisotopic (exact) mass is 143 g/mol. The molecule has 3 nitrogen and oxygen atoms in total. The average Bonchev–Trinajstić information content (AvgIpc) is 1.87. The highest BCUT2D eigenvalue weighted by Gasteiger charge is 2.06. The van der Waals surface area contributed by atoms with Crippen LogP contribution < -0.4 is 0 Å². The molecular formula is C7H13NO2. The van der Waals surface area contributed by atoms with Gasteiger partial charge in [0.1, 0.15) is 0 Å². The standard InChI is InChI=1S/C7H13NO2/c1-6(4-5-9)7(10)8(2)3/h9H,1,4-5H2,2-3H3. The van der Waals surface area contributed by atoms with Crippen LogP contribution in [0.1, 0.15) is 6.42 Å². The van der Waals surface area contributed by atoms with Crippen LogP contribution in [-0.2, 0) is 4.79 Å². The van der Waals surface area contributed by atoms with Gasteiger partial charge in [0.25, 0.3) is 0 Å². The lowest BCUT2D eigenvalue weighted by Gasteiger charge is -2.10. The first-order valence-electron chi connectivity index (χ1n) is 3.10. The highest BCUT2D eigenvalue weighted by molar-refractivity contribution is 5.92. The highest BCUT2D eigenvalue weighted by atomic mass is 16.3. The van der Waals surface area contributed by atoms with Crippen LogP contribution in [0.25, 0.3) is 0 Å². The van der Waals surface area contributed by atoms with Crippen molar-refractivity contribution in [3.8, 4) is 0 Å². The molecule has 3 heteroatoms. The van der Waals surface area contributed by atoms with Crippen LogP contribution in [0, 0.1) is 0 Å². The van der Waals surface area contributed by atoms with E-state index in [1.54, 1.807) is 14.1 Å². The Morgan fingerprint density at radius 1 is 1.60 bits per heavy atom. The Kier molecular flexibility index (Phi) is 3.72. The van der Waals surface area contributed by atoms with Crippen molar-refractivity contribution in [2.45, 2.75) is 6.42 Å². The summed E-state index contributed by atoms with van der Waals surface area (Å²) in [6.07, 6.45) is 0.358. The smallest absolute Gasteiger partial charge is 0.248 e. The van der Waals surface area contributed by atoms with E-state index in [4.69, 9.17) is 5.11 Å². The second-order valence-electron chi connectivity index (χ2n) is 2.28. The average molecular weight is 143 g/mol. The zero-order valence-electron chi connectivity index (χ0n) is 6.42. The zero-order chi connectivity index (χ0) is 8.15. The van der Waals surface area contributed by atoms with E-state index in [9.17, 15) is 4.79 Å². The number of aliphatic hydroxyl groups is 1. The molecule has 0 atom stereocenters. The molecule has 0 aromatic rings. The Labute approximate surface area is 61.0 Å². The van der Waals surface area contributed by atoms with Gasteiger partial charge >= 0.3 is 0 Å². The van der Waals surface area contributed by atoms with Crippen molar-refractivity contribution in [3.63, 3.8) is 0 Å². The Morgan fingerprint density at radius 3 is 2.40 bits per heavy atom. The minimum atomic E-state index is -0.117. The van der Waals surface area contributed by atoms with Crippen LogP contribution >= 0.6 is 0 Å². The molecule has 0 aliphatic rings. The quantitative estimate of drug-likeness (QED) is 0.565. The van der Waals surface area contributed by atoms with Crippen molar-refractivity contribution >= 4 is 5.91 Å². The minimum Gasteiger partial charge on any atom is -0.396 e. The predicted octanol–water partition coefficient (Wildman–Crippen LogP) is 0.0132. The van der Waals surface area contributed by atoms with Crippen LogP contribution in [0.3, 0.4) is 0 Å². The highest BCUT2D eigenvalue weighted by Crippen LogP contribution is 1.99. The number of carbonyl (C=O) groups excluding carboxylic acids is 1. The fourth-order valence-corrected chi connectivity index (χ4v) is 0.558. The molecule has 1 amide bonds. The van der Waals surface area contributed by atoms with Gasteiger partial charge in [-0.25, -0.2) is 0 Å². The molecule has 0 fully saturated rings. The Balaban J connectivity index is 3.83. The first kappa shape index (κ1) is 9.17. The van der Waals surface area contributed by atoms with Crippen molar-refractivity contribution in [2.24, 2.45) is 0 Å². The molecule has 0 spiro atoms. The molecule has 0 bridgehead atoms. The topological polar surface area (TPSA) is 40.5 Å². The van der Waals surface area contributed by atoms with Crippen LogP contribution in [0.4, 0.5) is 0 Å². The number of carbonyl (C=O) groups is 1. The van der Waals surface area contributed by atoms with E-state index in [1.807, 2.05) is 0 Å². The number of likely N-dealkylation sites (N-methyl/N-ethyl adjacent to an activating group) is 1. The maximum absolute atomic E-state index is 10.9. The first-order valence-corrected chi connectivity index (χ1v) is 3.10. The van der Waals surface area contributed by atoms with Crippen molar-refractivity contribution in [2.75, 3.05) is 20.7 Å². The van der Waals surface area contributed by atoms with Crippen LogP contribution in [-0.4, -0.2) is 36.6 Å². The number of nitrogens with zero attached hydrogens (tertiary/aromatic N) is 1. The second-order valence-corrected chi connectivity index (χ2v) is 2.28. The third-order valence-electron chi connectivity index (χ3n) is 1.12. The number of aliphatic hydroxyl groups excluding tert-OH is 1. The van der Waals surface area contributed by atoms with Gasteiger partial charge in [0, 0.05) is 32.7 Å². The number of hydrogen-bond donors (Lipinski definition) is 1. The SMILES string of the molecule is C=C(CCO)C(=O)N(C)C. The summed E-state index contributed by atoms with van der Waals surface area (Å²) in [7, 11) is 3.32. The third-order valence-corrected chi connectivity index (χ3v) is 1.12. The maximum Gasteiger partial charge on any atom is 0.248 e. The summed E-state index contributed by atoms with van der Waals surface area (Å²) in [6, 6.07) is 0. The summed E-state index contributed by atoms with van der Waals surface area (Å²) >= 11 is 0. The van der Waals surface area contributed by atoms with Gasteiger partial charge in [-0.3, -0.25) is 4.79 Å². The van der Waals surface area contributed by atoms with Gasteiger partial charge in [0.15, 0.2) is 0 Å². The zero-order valence-corrected chi connectivity index (χ0v) is 6.42. The Bertz CT molecular complexity index is 141. The van der Waals surface area contributed by atoms with Crippen LogP contribution in [0.2, 0.25) is 0 Å². The molecule has 0 aromatic carbocycles. The number of amides is 1. The first-order chi connectivity index (χ1) is 4.59. The van der Waals surface area contributed by atoms with Gasteiger partial charge in [-0.2, -0.15) is 0 Å². The van der Waals surface area contributed by atoms with E-state index in [2.05, 4.69) is 6.58 Å². The lowest BCUT2D eigenvalue weighted by molar-refractivity contribution is -0.124. The van der Waals surface area contributed by atoms with E-state index >= 15 is 0 Å². The largest absolute Gasteiger partial charge is 0.396 e. The van der Waals surface area contributed by atoms with Gasteiger partial charge in [0.2, 0.25) is 5.91 Å². The number of hydrogen-bond acceptors (Lipinski definition) is 2. The van der Waals surface area contributed by atoms with Crippen molar-refractivity contribution < 1.29 is 9.90 Å². The van der Waals surface area contributed by atoms with Gasteiger partial charge in [-0.1, -0.05) is 6.58 Å². The molecule has 0 aliphatic heterocycles. The number of rotatable bonds is 3. The molecule has 0 aromatic heterocycles. The molecule has 58 valence electrons. The maximum atomic E-state index is 10.9. The van der Waals surface area contributed by atoms with Gasteiger partial charge in [-0.05, 0) is 0 Å². The molecule has 1 N–H and O–H groups in total. The van der Waals surface area contributed by atoms with E-state index in [1.165, 1.54) is 4.90 Å². The lowest BCUT2D eigenvalue weighted by Crippen LogP contribution is -2.23. The molecule has 0 saturated heterocycles. The normalized spacial score (nSPS) is 9.10. The second kappa shape index (κ2) is 4.06. The van der Waals surface area contributed by atoms with Gasteiger partial charge in [-0.15, -0.1) is 0 Å². The fourth-order valence-electron chi connectivity index (χ4n) is 0.558. The molecular weight excluding hydrogens is 130 g/mol. The van der Waals surface area contributed by atoms with E-state index in [0.717, 1.165) is 0 Å². The van der Waals surface area contributed by atoms with Crippen molar-refractivity contribution in [3.05, 3.63) is 12.2 Å². The molecule has 0 heterocycles. The molecule has 0 radical (unpaired) electrons. The van der Waals surface area contributed by atoms with Gasteiger partial charge < -0.3 is 10.0 Å². The van der Waals surface area contributed by atoms with Crippen LogP contribution in [0.15, 0.2) is 12.2 Å². The summed E-state index contributed by atoms with van der Waals surface area (Å²) in [5.41, 5.74) is 0.451. The minimum absolute atomic E-state index is 0.0155. The molecule has 10 heavy (non-hydrogen) atoms. The van der Waals surface area contributed by atoms with E-state index in [-0.39, 0.29) is 12.5 Å². The summed E-state index contributed by atoms with van der Waals surface area (Å²) in [5, 5.41) is 8.44. The Hall–Kier alpha value is -0.830. The van der Waals surface area contributed by atoms with Crippen LogP contribution in [0.5, 0.6) is 0 Å². The molecule has 0 aliphatic carbocycles. The van der Waals surface area contributed by atoms with E-state index in [0.29, 0.717) is 12.0 Å². The Morgan fingerprint density at radius 2 is 2.10 bits per heavy atom. The predicted molar refractivity (Wildman–Crippen MR) is 39.5 cm³/mol.